The van der Waals surface area contributed by atoms with E-state index in [2.05, 4.69) is 15.9 Å². The molecule has 2 aromatic carbocycles. The predicted octanol–water partition coefficient (Wildman–Crippen LogP) is 5.55. The number of nitro groups is 1. The predicted molar refractivity (Wildman–Crippen MR) is 128 cm³/mol. The van der Waals surface area contributed by atoms with Crippen LogP contribution in [0.5, 0.6) is 11.5 Å². The largest absolute Gasteiger partial charge is 0.449 e. The van der Waals surface area contributed by atoms with Gasteiger partial charge in [0.1, 0.15) is 11.3 Å². The van der Waals surface area contributed by atoms with E-state index in [1.165, 1.54) is 34.1 Å². The number of rotatable bonds is 6. The number of alkyl halides is 3. The fourth-order valence-electron chi connectivity index (χ4n) is 3.28. The van der Waals surface area contributed by atoms with Gasteiger partial charge >= 0.3 is 11.9 Å². The first kappa shape index (κ1) is 26.3. The van der Waals surface area contributed by atoms with E-state index >= 15 is 0 Å². The number of nitrogens with zero attached hydrogens (tertiary/aromatic N) is 3. The highest BCUT2D eigenvalue weighted by Gasteiger charge is 2.38. The van der Waals surface area contributed by atoms with Crippen molar-refractivity contribution in [1.82, 2.24) is 9.80 Å². The third kappa shape index (κ3) is 5.35. The Morgan fingerprint density at radius 3 is 2.11 bits per heavy atom. The van der Waals surface area contributed by atoms with Crippen LogP contribution in [0.15, 0.2) is 46.4 Å². The Kier molecular flexibility index (Phi) is 7.60. The van der Waals surface area contributed by atoms with Crippen molar-refractivity contribution >= 4 is 56.8 Å². The van der Waals surface area contributed by atoms with Crippen LogP contribution in [-0.4, -0.2) is 44.7 Å². The Balaban J connectivity index is 1.94. The minimum absolute atomic E-state index is 0.0721. The maximum absolute atomic E-state index is 12.9. The number of hydrogen-bond acceptors (Lipinski definition) is 6. The molecule has 0 aromatic heterocycles. The number of benzene rings is 2. The number of carbonyl (C=O) groups is 2. The normalized spacial score (nSPS) is 14.5. The number of hydrogen-bond donors (Lipinski definition) is 0. The minimum Gasteiger partial charge on any atom is -0.449 e. The number of likely N-dealkylation sites (N-methyl/N-ethyl adjacent to an activating group) is 2. The average molecular weight is 572 g/mol. The van der Waals surface area contributed by atoms with E-state index in [1.807, 2.05) is 0 Å². The number of amides is 2. The SMILES string of the molecule is CCN1C(=O)C(=Cc2ccc(Oc3ccc(C(F)(F)F)cc3[N+](=O)[O-])c(Br)c2)C(=O)N(CC)C1=S. The lowest BCUT2D eigenvalue weighted by Crippen LogP contribution is -2.55. The number of ether oxygens (including phenoxy) is 1. The van der Waals surface area contributed by atoms with E-state index in [9.17, 15) is 32.9 Å². The first-order valence-electron chi connectivity index (χ1n) is 10.1. The molecule has 1 heterocycles. The Morgan fingerprint density at radius 1 is 1.06 bits per heavy atom. The van der Waals surface area contributed by atoms with Crippen LogP contribution in [0, 0.1) is 10.1 Å². The van der Waals surface area contributed by atoms with Crippen molar-refractivity contribution in [2.75, 3.05) is 13.1 Å². The molecule has 0 saturated carbocycles. The van der Waals surface area contributed by atoms with Gasteiger partial charge < -0.3 is 4.74 Å². The topological polar surface area (TPSA) is 93.0 Å². The molecule has 0 unspecified atom stereocenters. The van der Waals surface area contributed by atoms with Gasteiger partial charge in [-0.2, -0.15) is 13.2 Å². The first-order chi connectivity index (χ1) is 16.4. The van der Waals surface area contributed by atoms with Gasteiger partial charge in [-0.15, -0.1) is 0 Å². The molecule has 35 heavy (non-hydrogen) atoms. The quantitative estimate of drug-likeness (QED) is 0.148. The average Bonchev–Trinajstić information content (AvgIpc) is 2.78. The molecule has 184 valence electrons. The van der Waals surface area contributed by atoms with Gasteiger partial charge in [0, 0.05) is 19.2 Å². The Labute approximate surface area is 211 Å². The summed E-state index contributed by atoms with van der Waals surface area (Å²) in [5, 5.41) is 11.4. The fourth-order valence-corrected chi connectivity index (χ4v) is 4.18. The summed E-state index contributed by atoms with van der Waals surface area (Å²) < 4.78 is 44.6. The lowest BCUT2D eigenvalue weighted by Gasteiger charge is -2.35. The Hall–Kier alpha value is -3.32. The van der Waals surface area contributed by atoms with E-state index in [0.717, 1.165) is 6.07 Å². The molecule has 1 fully saturated rings. The molecule has 2 amide bonds. The molecular weight excluding hydrogens is 555 g/mol. The van der Waals surface area contributed by atoms with E-state index in [1.54, 1.807) is 13.8 Å². The van der Waals surface area contributed by atoms with Gasteiger partial charge in [-0.3, -0.25) is 29.5 Å². The molecule has 1 aliphatic rings. The highest BCUT2D eigenvalue weighted by molar-refractivity contribution is 9.10. The first-order valence-corrected chi connectivity index (χ1v) is 11.3. The van der Waals surface area contributed by atoms with Crippen LogP contribution < -0.4 is 4.74 Å². The Morgan fingerprint density at radius 2 is 1.63 bits per heavy atom. The molecule has 0 spiro atoms. The summed E-state index contributed by atoms with van der Waals surface area (Å²) in [6.07, 6.45) is -3.37. The van der Waals surface area contributed by atoms with Crippen LogP contribution >= 0.6 is 28.1 Å². The van der Waals surface area contributed by atoms with Gasteiger partial charge in [-0.05, 0) is 77.9 Å². The lowest BCUT2D eigenvalue weighted by molar-refractivity contribution is -0.385. The van der Waals surface area contributed by atoms with Gasteiger partial charge in [-0.1, -0.05) is 6.07 Å². The summed E-state index contributed by atoms with van der Waals surface area (Å²) in [6.45, 7) is 4.02. The van der Waals surface area contributed by atoms with Crippen molar-refractivity contribution in [3.63, 3.8) is 0 Å². The van der Waals surface area contributed by atoms with Gasteiger partial charge in [0.25, 0.3) is 11.8 Å². The smallest absolute Gasteiger partial charge is 0.416 e. The fraction of sp³-hybridized carbons (Fsp3) is 0.227. The standard InChI is InChI=1S/C22H17BrF3N3O5S/c1-3-27-19(30)14(20(31)28(4-2)21(27)35)9-12-5-7-17(15(23)10-12)34-18-8-6-13(22(24,25)26)11-16(18)29(32)33/h5-11H,3-4H2,1-2H3. The van der Waals surface area contributed by atoms with Crippen LogP contribution in [0.3, 0.4) is 0 Å². The maximum atomic E-state index is 12.9. The summed E-state index contributed by atoms with van der Waals surface area (Å²) >= 11 is 8.48. The summed E-state index contributed by atoms with van der Waals surface area (Å²) in [7, 11) is 0. The lowest BCUT2D eigenvalue weighted by atomic mass is 10.1. The maximum Gasteiger partial charge on any atom is 0.416 e. The van der Waals surface area contributed by atoms with Crippen molar-refractivity contribution in [2.45, 2.75) is 20.0 Å². The summed E-state index contributed by atoms with van der Waals surface area (Å²) in [5.74, 6) is -1.39. The number of halogens is 4. The van der Waals surface area contributed by atoms with E-state index in [0.29, 0.717) is 17.7 Å². The summed E-state index contributed by atoms with van der Waals surface area (Å²) in [4.78, 5) is 38.5. The third-order valence-electron chi connectivity index (χ3n) is 5.02. The molecule has 0 atom stereocenters. The van der Waals surface area contributed by atoms with Crippen LogP contribution in [0.25, 0.3) is 6.08 Å². The van der Waals surface area contributed by atoms with Gasteiger partial charge in [0.15, 0.2) is 5.11 Å². The monoisotopic (exact) mass is 571 g/mol. The van der Waals surface area contributed by atoms with Gasteiger partial charge in [0.05, 0.1) is 15.0 Å². The van der Waals surface area contributed by atoms with Crippen LogP contribution in [-0.2, 0) is 15.8 Å². The Bertz CT molecular complexity index is 1240. The third-order valence-corrected chi connectivity index (χ3v) is 6.08. The number of thiocarbonyl (C=S) groups is 1. The number of nitro benzene ring substituents is 1. The summed E-state index contributed by atoms with van der Waals surface area (Å²) in [6, 6.07) is 6.32. The molecule has 0 aliphatic carbocycles. The molecule has 1 saturated heterocycles. The van der Waals surface area contributed by atoms with E-state index in [4.69, 9.17) is 17.0 Å². The zero-order chi connectivity index (χ0) is 26.1. The van der Waals surface area contributed by atoms with Crippen molar-refractivity contribution in [1.29, 1.82) is 0 Å². The van der Waals surface area contributed by atoms with Crippen molar-refractivity contribution in [3.05, 3.63) is 67.7 Å². The van der Waals surface area contributed by atoms with Crippen LogP contribution in [0.4, 0.5) is 18.9 Å². The molecule has 2 aromatic rings. The molecule has 0 radical (unpaired) electrons. The molecule has 0 bridgehead atoms. The van der Waals surface area contributed by atoms with Gasteiger partial charge in [0.2, 0.25) is 5.75 Å². The van der Waals surface area contributed by atoms with Crippen LogP contribution in [0.2, 0.25) is 0 Å². The second kappa shape index (κ2) is 10.1. The highest BCUT2D eigenvalue weighted by Crippen LogP contribution is 2.39. The van der Waals surface area contributed by atoms with E-state index < -0.39 is 39.9 Å². The molecule has 0 N–H and O–H groups in total. The van der Waals surface area contributed by atoms with Crippen molar-refractivity contribution in [3.8, 4) is 11.5 Å². The minimum atomic E-state index is -4.75. The molecule has 13 heteroatoms. The molecule has 3 rings (SSSR count). The molecular formula is C22H17BrF3N3O5S. The van der Waals surface area contributed by atoms with E-state index in [-0.39, 0.29) is 34.0 Å². The van der Waals surface area contributed by atoms with Crippen LogP contribution in [0.1, 0.15) is 25.0 Å². The zero-order valence-electron chi connectivity index (χ0n) is 18.3. The molecule has 8 nitrogen and oxygen atoms in total. The second-order valence-electron chi connectivity index (χ2n) is 7.17. The molecule has 1 aliphatic heterocycles. The number of carbonyl (C=O) groups excluding carboxylic acids is 2. The zero-order valence-corrected chi connectivity index (χ0v) is 20.7. The highest BCUT2D eigenvalue weighted by atomic mass is 79.9. The van der Waals surface area contributed by atoms with Gasteiger partial charge in [-0.25, -0.2) is 0 Å². The second-order valence-corrected chi connectivity index (χ2v) is 8.39. The van der Waals surface area contributed by atoms with Crippen molar-refractivity contribution < 1.29 is 32.4 Å². The van der Waals surface area contributed by atoms with Crippen molar-refractivity contribution in [2.24, 2.45) is 0 Å². The summed E-state index contributed by atoms with van der Waals surface area (Å²) in [5.41, 5.74) is -1.70.